The molecule has 3 nitrogen and oxygen atoms in total. The van der Waals surface area contributed by atoms with Crippen LogP contribution in [0.5, 0.6) is 5.75 Å². The van der Waals surface area contributed by atoms with Gasteiger partial charge in [-0.15, -0.1) is 0 Å². The lowest BCUT2D eigenvalue weighted by molar-refractivity contribution is 0.475. The maximum atomic E-state index is 8.96. The predicted molar refractivity (Wildman–Crippen MR) is 48.3 cm³/mol. The minimum absolute atomic E-state index is 0.0330. The Labute approximate surface area is 76.0 Å². The highest BCUT2D eigenvalue weighted by Crippen LogP contribution is 2.12. The average Bonchev–Trinajstić information content (AvgIpc) is 2.17. The second-order valence-corrected chi connectivity index (χ2v) is 2.34. The molecule has 0 amide bonds. The number of nitriles is 1. The third-order valence-corrected chi connectivity index (χ3v) is 1.43. The van der Waals surface area contributed by atoms with Crippen molar-refractivity contribution in [3.8, 4) is 11.8 Å². The molecule has 0 atom stereocenters. The number of phenolic OH excluding ortho intramolecular Hbond substituents is 1. The van der Waals surface area contributed by atoms with Crippen molar-refractivity contribution in [2.45, 2.75) is 0 Å². The summed E-state index contributed by atoms with van der Waals surface area (Å²) in [5.74, 6) is 0.165. The van der Waals surface area contributed by atoms with Gasteiger partial charge in [0.1, 0.15) is 5.75 Å². The number of aromatic hydroxyl groups is 1. The van der Waals surface area contributed by atoms with Crippen LogP contribution in [0.4, 0.5) is 0 Å². The standard InChI is InChI=1S/C10H6N2O/c1-12-9(7-11)6-8-2-4-10(13)5-3-8/h2-6,13H/b9-6+. The summed E-state index contributed by atoms with van der Waals surface area (Å²) in [6.07, 6.45) is 1.46. The molecule has 0 aromatic heterocycles. The van der Waals surface area contributed by atoms with Crippen molar-refractivity contribution in [3.05, 3.63) is 46.9 Å². The lowest BCUT2D eigenvalue weighted by atomic mass is 10.2. The van der Waals surface area contributed by atoms with Crippen LogP contribution in [0, 0.1) is 17.9 Å². The van der Waals surface area contributed by atoms with Crippen LogP contribution in [0.15, 0.2) is 30.0 Å². The number of allylic oxidation sites excluding steroid dienone is 1. The highest BCUT2D eigenvalue weighted by Gasteiger charge is 1.93. The van der Waals surface area contributed by atoms with Crippen molar-refractivity contribution in [2.75, 3.05) is 0 Å². The van der Waals surface area contributed by atoms with Crippen molar-refractivity contribution in [1.29, 1.82) is 5.26 Å². The van der Waals surface area contributed by atoms with Crippen LogP contribution in [-0.2, 0) is 0 Å². The molecule has 0 heterocycles. The van der Waals surface area contributed by atoms with Crippen LogP contribution in [0.25, 0.3) is 10.9 Å². The van der Waals surface area contributed by atoms with Crippen molar-refractivity contribution in [1.82, 2.24) is 0 Å². The van der Waals surface area contributed by atoms with Crippen LogP contribution in [0.3, 0.4) is 0 Å². The Morgan fingerprint density at radius 1 is 1.46 bits per heavy atom. The zero-order valence-electron chi connectivity index (χ0n) is 6.73. The van der Waals surface area contributed by atoms with E-state index in [4.69, 9.17) is 16.9 Å². The van der Waals surface area contributed by atoms with Gasteiger partial charge in [-0.25, -0.2) is 10.1 Å². The number of benzene rings is 1. The van der Waals surface area contributed by atoms with Crippen LogP contribution < -0.4 is 0 Å². The van der Waals surface area contributed by atoms with Crippen LogP contribution in [-0.4, -0.2) is 5.11 Å². The second-order valence-electron chi connectivity index (χ2n) is 2.34. The van der Waals surface area contributed by atoms with Gasteiger partial charge < -0.3 is 5.11 Å². The fourth-order valence-corrected chi connectivity index (χ4v) is 0.818. The van der Waals surface area contributed by atoms with Gasteiger partial charge in [0.15, 0.2) is 0 Å². The number of phenols is 1. The molecule has 1 rings (SSSR count). The SMILES string of the molecule is [C-]#[N+]/C(C#N)=C/c1ccc(O)cc1. The van der Waals surface area contributed by atoms with Crippen molar-refractivity contribution in [3.63, 3.8) is 0 Å². The largest absolute Gasteiger partial charge is 0.508 e. The predicted octanol–water partition coefficient (Wildman–Crippen LogP) is 2.18. The maximum Gasteiger partial charge on any atom is 0.262 e. The zero-order chi connectivity index (χ0) is 9.68. The molecular formula is C10H6N2O. The van der Waals surface area contributed by atoms with Crippen molar-refractivity contribution < 1.29 is 5.11 Å². The van der Waals surface area contributed by atoms with Gasteiger partial charge in [0.2, 0.25) is 0 Å². The van der Waals surface area contributed by atoms with Crippen LogP contribution >= 0.6 is 0 Å². The lowest BCUT2D eigenvalue weighted by Crippen LogP contribution is -1.73. The molecule has 0 aliphatic rings. The molecule has 3 heteroatoms. The molecule has 0 aliphatic carbocycles. The third kappa shape index (κ3) is 2.36. The average molecular weight is 170 g/mol. The summed E-state index contributed by atoms with van der Waals surface area (Å²) < 4.78 is 0. The first-order chi connectivity index (χ1) is 6.26. The molecule has 1 N–H and O–H groups in total. The Bertz CT molecular complexity index is 388. The number of rotatable bonds is 1. The minimum atomic E-state index is 0.0330. The summed E-state index contributed by atoms with van der Waals surface area (Å²) >= 11 is 0. The molecule has 1 aromatic rings. The molecule has 0 aliphatic heterocycles. The first-order valence-corrected chi connectivity index (χ1v) is 3.54. The van der Waals surface area contributed by atoms with Gasteiger partial charge >= 0.3 is 0 Å². The Balaban J connectivity index is 3.00. The third-order valence-electron chi connectivity index (χ3n) is 1.43. The number of hydrogen-bond donors (Lipinski definition) is 1. The molecule has 62 valence electrons. The fourth-order valence-electron chi connectivity index (χ4n) is 0.818. The summed E-state index contributed by atoms with van der Waals surface area (Å²) in [6, 6.07) is 8.04. The molecule has 0 spiro atoms. The molecule has 0 saturated heterocycles. The Morgan fingerprint density at radius 3 is 2.54 bits per heavy atom. The van der Waals surface area contributed by atoms with E-state index in [0.29, 0.717) is 0 Å². The Hall–Kier alpha value is -2.26. The summed E-state index contributed by atoms with van der Waals surface area (Å²) in [5.41, 5.74) is 0.760. The van der Waals surface area contributed by atoms with Crippen LogP contribution in [0.2, 0.25) is 0 Å². The van der Waals surface area contributed by atoms with Gasteiger partial charge in [-0.1, -0.05) is 12.1 Å². The van der Waals surface area contributed by atoms with Gasteiger partial charge in [0, 0.05) is 0 Å². The van der Waals surface area contributed by atoms with E-state index in [2.05, 4.69) is 4.85 Å². The van der Waals surface area contributed by atoms with E-state index in [9.17, 15) is 0 Å². The summed E-state index contributed by atoms with van der Waals surface area (Å²) in [7, 11) is 0. The molecule has 0 saturated carbocycles. The number of hydrogen-bond acceptors (Lipinski definition) is 2. The van der Waals surface area contributed by atoms with E-state index >= 15 is 0 Å². The van der Waals surface area contributed by atoms with E-state index in [0.717, 1.165) is 5.56 Å². The molecule has 0 unspecified atom stereocenters. The fraction of sp³-hybridized carbons (Fsp3) is 0. The molecule has 0 radical (unpaired) electrons. The van der Waals surface area contributed by atoms with Crippen molar-refractivity contribution >= 4 is 6.08 Å². The second kappa shape index (κ2) is 3.94. The minimum Gasteiger partial charge on any atom is -0.508 e. The first kappa shape index (κ1) is 8.83. The van der Waals surface area contributed by atoms with Crippen molar-refractivity contribution in [2.24, 2.45) is 0 Å². The number of nitrogens with zero attached hydrogens (tertiary/aromatic N) is 2. The van der Waals surface area contributed by atoms with E-state index in [1.807, 2.05) is 0 Å². The molecule has 0 fully saturated rings. The maximum absolute atomic E-state index is 8.96. The molecule has 1 aromatic carbocycles. The monoisotopic (exact) mass is 170 g/mol. The summed E-state index contributed by atoms with van der Waals surface area (Å²) in [4.78, 5) is 3.01. The molecule has 0 bridgehead atoms. The highest BCUT2D eigenvalue weighted by molar-refractivity contribution is 5.59. The van der Waals surface area contributed by atoms with Gasteiger partial charge in [-0.3, -0.25) is 0 Å². The summed E-state index contributed by atoms with van der Waals surface area (Å²) in [6.45, 7) is 6.64. The summed E-state index contributed by atoms with van der Waals surface area (Å²) in [5, 5.41) is 17.4. The Morgan fingerprint density at radius 2 is 2.08 bits per heavy atom. The van der Waals surface area contributed by atoms with Gasteiger partial charge in [0.05, 0.1) is 12.6 Å². The zero-order valence-corrected chi connectivity index (χ0v) is 6.73. The smallest absolute Gasteiger partial charge is 0.262 e. The Kier molecular flexibility index (Phi) is 2.68. The normalized spacial score (nSPS) is 10.2. The molecular weight excluding hydrogens is 164 g/mol. The van der Waals surface area contributed by atoms with E-state index in [-0.39, 0.29) is 11.4 Å². The van der Waals surface area contributed by atoms with Gasteiger partial charge in [0.25, 0.3) is 5.70 Å². The van der Waals surface area contributed by atoms with Crippen LogP contribution in [0.1, 0.15) is 5.56 Å². The van der Waals surface area contributed by atoms with Gasteiger partial charge in [-0.05, 0) is 23.8 Å². The van der Waals surface area contributed by atoms with Gasteiger partial charge in [-0.2, -0.15) is 0 Å². The van der Waals surface area contributed by atoms with E-state index in [1.165, 1.54) is 18.2 Å². The first-order valence-electron chi connectivity index (χ1n) is 3.54. The lowest BCUT2D eigenvalue weighted by Gasteiger charge is -1.93. The topological polar surface area (TPSA) is 48.4 Å². The quantitative estimate of drug-likeness (QED) is 0.518. The molecule has 13 heavy (non-hydrogen) atoms. The highest BCUT2D eigenvalue weighted by atomic mass is 16.3. The van der Waals surface area contributed by atoms with E-state index in [1.54, 1.807) is 18.2 Å². The van der Waals surface area contributed by atoms with E-state index < -0.39 is 0 Å².